The van der Waals surface area contributed by atoms with E-state index in [0.717, 1.165) is 112 Å². The summed E-state index contributed by atoms with van der Waals surface area (Å²) in [7, 11) is 0. The molecule has 0 fully saturated rings. The van der Waals surface area contributed by atoms with Crippen molar-refractivity contribution in [1.29, 1.82) is 0 Å². The van der Waals surface area contributed by atoms with Crippen LogP contribution in [0.1, 0.15) is 79.0 Å². The van der Waals surface area contributed by atoms with Crippen molar-refractivity contribution < 1.29 is 17.7 Å². The molecule has 13 rings (SSSR count). The highest BCUT2D eigenvalue weighted by atomic mass is 16.4. The largest absolute Gasteiger partial charge is 0.456 e. The van der Waals surface area contributed by atoms with Crippen molar-refractivity contribution in [1.82, 2.24) is 0 Å². The smallest absolute Gasteiger partial charge is 0.262 e. The quantitative estimate of drug-likeness (QED) is 0.164. The SMILES string of the molecule is CC(C)(C)c1cc2c3c(c1)N(c1ccc(-c4cc5ccccc5o4)cc1)c1oc4ccc(C(C)(C)C)cc4c1B3c1c(oc3ccc(C(C)(C)C)cc13)N2c1ccc(-c2cc3ccccc3o2)cc1. The average Bonchev–Trinajstić information content (AvgIpc) is 4.13. The number of anilines is 6. The molecule has 7 aromatic carbocycles. The van der Waals surface area contributed by atoms with Gasteiger partial charge in [-0.05, 0) is 148 Å². The Morgan fingerprint density at radius 3 is 1.16 bits per heavy atom. The van der Waals surface area contributed by atoms with Crippen molar-refractivity contribution in [2.24, 2.45) is 0 Å². The Morgan fingerprint density at radius 2 is 0.768 bits per heavy atom. The number of furan rings is 4. The molecule has 0 saturated heterocycles. The molecule has 0 unspecified atom stereocenters. The van der Waals surface area contributed by atoms with Gasteiger partial charge >= 0.3 is 0 Å². The van der Waals surface area contributed by atoms with Crippen LogP contribution in [0, 0.1) is 0 Å². The van der Waals surface area contributed by atoms with Crippen molar-refractivity contribution in [2.75, 3.05) is 9.80 Å². The predicted octanol–water partition coefficient (Wildman–Crippen LogP) is 16.0. The molecule has 0 radical (unpaired) electrons. The number of fused-ring (bicyclic) bond motifs is 10. The summed E-state index contributed by atoms with van der Waals surface area (Å²) in [6, 6.07) is 56.5. The van der Waals surface area contributed by atoms with Crippen LogP contribution in [-0.2, 0) is 16.2 Å². The van der Waals surface area contributed by atoms with Crippen LogP contribution in [0.25, 0.3) is 66.5 Å². The third-order valence-electron chi connectivity index (χ3n) is 14.6. The van der Waals surface area contributed by atoms with E-state index in [1.165, 1.54) is 22.2 Å². The molecule has 2 aliphatic rings. The highest BCUT2D eigenvalue weighted by molar-refractivity contribution is 7.02. The lowest BCUT2D eigenvalue weighted by atomic mass is 9.33. The Balaban J connectivity index is 1.10. The van der Waals surface area contributed by atoms with Gasteiger partial charge in [0, 0.05) is 66.3 Å². The molecule has 0 amide bonds. The van der Waals surface area contributed by atoms with Crippen LogP contribution in [0.5, 0.6) is 0 Å². The van der Waals surface area contributed by atoms with Gasteiger partial charge in [0.05, 0.1) is 0 Å². The first-order chi connectivity index (χ1) is 33.1. The Morgan fingerprint density at radius 1 is 0.362 bits per heavy atom. The molecule has 6 heterocycles. The first-order valence-corrected chi connectivity index (χ1v) is 24.2. The Bertz CT molecular complexity index is 3550. The van der Waals surface area contributed by atoms with Crippen LogP contribution >= 0.6 is 0 Å². The van der Waals surface area contributed by atoms with Gasteiger partial charge in [-0.2, -0.15) is 0 Å². The average molecular weight is 901 g/mol. The van der Waals surface area contributed by atoms with Crippen molar-refractivity contribution >= 4 is 101 Å². The van der Waals surface area contributed by atoms with Crippen LogP contribution < -0.4 is 26.2 Å². The van der Waals surface area contributed by atoms with E-state index in [1.54, 1.807) is 0 Å². The highest BCUT2D eigenvalue weighted by Crippen LogP contribution is 2.50. The fourth-order valence-corrected chi connectivity index (χ4v) is 10.7. The maximum Gasteiger partial charge on any atom is 0.262 e. The van der Waals surface area contributed by atoms with Crippen molar-refractivity contribution in [3.8, 4) is 22.6 Å². The van der Waals surface area contributed by atoms with Gasteiger partial charge in [0.25, 0.3) is 6.71 Å². The first kappa shape index (κ1) is 41.5. The minimum atomic E-state index is -0.223. The summed E-state index contributed by atoms with van der Waals surface area (Å²) in [4.78, 5) is 4.74. The summed E-state index contributed by atoms with van der Waals surface area (Å²) in [5.74, 6) is 3.31. The molecule has 0 atom stereocenters. The van der Waals surface area contributed by atoms with Gasteiger partial charge in [0.1, 0.15) is 33.9 Å². The third-order valence-corrected chi connectivity index (χ3v) is 14.6. The monoisotopic (exact) mass is 900 g/mol. The van der Waals surface area contributed by atoms with E-state index >= 15 is 0 Å². The molecule has 0 bridgehead atoms. The molecule has 7 heteroatoms. The zero-order chi connectivity index (χ0) is 47.3. The second-order valence-electron chi connectivity index (χ2n) is 22.2. The fraction of sp³-hybridized carbons (Fsp3) is 0.194. The van der Waals surface area contributed by atoms with E-state index < -0.39 is 0 Å². The van der Waals surface area contributed by atoms with Crippen LogP contribution in [0.2, 0.25) is 0 Å². The van der Waals surface area contributed by atoms with Crippen LogP contribution in [0.3, 0.4) is 0 Å². The lowest BCUT2D eigenvalue weighted by molar-refractivity contribution is 0.588. The van der Waals surface area contributed by atoms with E-state index in [9.17, 15) is 0 Å². The number of nitrogens with zero attached hydrogens (tertiary/aromatic N) is 2. The molecule has 0 spiro atoms. The summed E-state index contributed by atoms with van der Waals surface area (Å²) in [5.41, 5.74) is 16.5. The fourth-order valence-electron chi connectivity index (χ4n) is 10.7. The number of hydrogen-bond donors (Lipinski definition) is 0. The van der Waals surface area contributed by atoms with Gasteiger partial charge in [-0.25, -0.2) is 0 Å². The Kier molecular flexibility index (Phi) is 8.70. The maximum absolute atomic E-state index is 7.28. The molecule has 4 aromatic heterocycles. The van der Waals surface area contributed by atoms with E-state index in [-0.39, 0.29) is 23.0 Å². The first-order valence-electron chi connectivity index (χ1n) is 24.2. The van der Waals surface area contributed by atoms with Crippen LogP contribution in [0.15, 0.2) is 175 Å². The number of benzene rings is 7. The van der Waals surface area contributed by atoms with Crippen LogP contribution in [0.4, 0.5) is 34.5 Å². The molecule has 69 heavy (non-hydrogen) atoms. The summed E-state index contributed by atoms with van der Waals surface area (Å²) in [6.45, 7) is 20.4. The second-order valence-corrected chi connectivity index (χ2v) is 22.2. The second kappa shape index (κ2) is 14.4. The molecule has 338 valence electrons. The minimum Gasteiger partial charge on any atom is -0.456 e. The van der Waals surface area contributed by atoms with Crippen molar-refractivity contribution in [3.63, 3.8) is 0 Å². The van der Waals surface area contributed by atoms with Crippen LogP contribution in [-0.4, -0.2) is 6.71 Å². The number of hydrogen-bond acceptors (Lipinski definition) is 6. The van der Waals surface area contributed by atoms with E-state index in [4.69, 9.17) is 17.7 Å². The van der Waals surface area contributed by atoms with E-state index in [2.05, 4.69) is 193 Å². The molecule has 0 N–H and O–H groups in total. The maximum atomic E-state index is 7.28. The van der Waals surface area contributed by atoms with Gasteiger partial charge in [0.2, 0.25) is 11.8 Å². The van der Waals surface area contributed by atoms with E-state index in [1.807, 2.05) is 36.4 Å². The predicted molar refractivity (Wildman–Crippen MR) is 287 cm³/mol. The van der Waals surface area contributed by atoms with Gasteiger partial charge in [-0.1, -0.05) is 111 Å². The lowest BCUT2D eigenvalue weighted by Gasteiger charge is -2.41. The zero-order valence-corrected chi connectivity index (χ0v) is 40.6. The van der Waals surface area contributed by atoms with E-state index in [0.29, 0.717) is 0 Å². The van der Waals surface area contributed by atoms with Gasteiger partial charge in [-0.3, -0.25) is 9.80 Å². The molecule has 2 aliphatic heterocycles. The standard InChI is InChI=1S/C62H53BN2O4/c1-60(2,3)40-22-28-51-45(32-40)55-58(68-51)64(43-24-18-36(19-25-43)53-30-38-14-10-12-16-49(38)66-53)47-34-42(62(7,8)9)35-48-57(47)63(55)56-46-33-41(61(4,5)6)23-29-52(46)69-59(56)65(48)44-26-20-37(21-27-44)54-31-39-15-11-13-17-50(39)67-54/h10-35H,1-9H3. The highest BCUT2D eigenvalue weighted by Gasteiger charge is 2.49. The molecular weight excluding hydrogens is 848 g/mol. The van der Waals surface area contributed by atoms with Gasteiger partial charge < -0.3 is 17.7 Å². The summed E-state index contributed by atoms with van der Waals surface area (Å²) in [5, 5.41) is 4.39. The topological polar surface area (TPSA) is 59.0 Å². The third kappa shape index (κ3) is 6.46. The minimum absolute atomic E-state index is 0.0864. The lowest BCUT2D eigenvalue weighted by Crippen LogP contribution is -2.61. The molecular formula is C62H53BN2O4. The normalized spacial score (nSPS) is 13.8. The summed E-state index contributed by atoms with van der Waals surface area (Å²) >= 11 is 0. The van der Waals surface area contributed by atoms with Crippen molar-refractivity contribution in [2.45, 2.75) is 78.6 Å². The molecule has 11 aromatic rings. The number of rotatable bonds is 4. The Labute approximate surface area is 402 Å². The van der Waals surface area contributed by atoms with Crippen molar-refractivity contribution in [3.05, 3.63) is 174 Å². The summed E-state index contributed by atoms with van der Waals surface area (Å²) in [6.07, 6.45) is 0. The number of para-hydroxylation sites is 2. The Hall–Kier alpha value is -7.64. The molecule has 6 nitrogen and oxygen atoms in total. The zero-order valence-electron chi connectivity index (χ0n) is 40.6. The van der Waals surface area contributed by atoms with Gasteiger partial charge in [0.15, 0.2) is 0 Å². The molecule has 0 aliphatic carbocycles. The summed E-state index contributed by atoms with van der Waals surface area (Å²) < 4.78 is 27.3. The molecule has 0 saturated carbocycles. The van der Waals surface area contributed by atoms with Gasteiger partial charge in [-0.15, -0.1) is 0 Å².